The Kier molecular flexibility index (Phi) is 5.40. The Labute approximate surface area is 161 Å². The van der Waals surface area contributed by atoms with E-state index in [1.54, 1.807) is 23.1 Å². The molecule has 0 aromatic heterocycles. The van der Waals surface area contributed by atoms with E-state index in [0.29, 0.717) is 36.5 Å². The van der Waals surface area contributed by atoms with Crippen molar-refractivity contribution in [3.63, 3.8) is 0 Å². The minimum absolute atomic E-state index is 0.0365. The maximum absolute atomic E-state index is 13.0. The van der Waals surface area contributed by atoms with Gasteiger partial charge < -0.3 is 4.90 Å². The van der Waals surface area contributed by atoms with Gasteiger partial charge in [-0.2, -0.15) is 4.31 Å². The average molecular weight is 387 g/mol. The highest BCUT2D eigenvalue weighted by Gasteiger charge is 2.29. The Morgan fingerprint density at radius 2 is 1.78 bits per heavy atom. The second-order valence-electron chi connectivity index (χ2n) is 6.91. The van der Waals surface area contributed by atoms with E-state index in [1.165, 1.54) is 4.31 Å². The van der Waals surface area contributed by atoms with E-state index >= 15 is 0 Å². The molecule has 1 aliphatic rings. The van der Waals surface area contributed by atoms with Gasteiger partial charge in [0.1, 0.15) is 0 Å². The third kappa shape index (κ3) is 3.51. The first kappa shape index (κ1) is 19.6. The van der Waals surface area contributed by atoms with Gasteiger partial charge in [-0.15, -0.1) is 0 Å². The zero-order chi connectivity index (χ0) is 19.8. The van der Waals surface area contributed by atoms with E-state index in [4.69, 9.17) is 0 Å². The molecule has 1 heterocycles. The van der Waals surface area contributed by atoms with Gasteiger partial charge in [-0.05, 0) is 55.7 Å². The van der Waals surface area contributed by atoms with E-state index in [1.807, 2.05) is 45.9 Å². The molecule has 2 aromatic rings. The lowest BCUT2D eigenvalue weighted by molar-refractivity contribution is 0.0989. The lowest BCUT2D eigenvalue weighted by Crippen LogP contribution is -2.31. The molecule has 5 nitrogen and oxygen atoms in total. The topological polar surface area (TPSA) is 57.7 Å². The lowest BCUT2D eigenvalue weighted by Gasteiger charge is -2.21. The Hall–Kier alpha value is -2.18. The monoisotopic (exact) mass is 386 g/mol. The number of sulfonamides is 1. The molecule has 144 valence electrons. The van der Waals surface area contributed by atoms with E-state index in [-0.39, 0.29) is 5.91 Å². The number of hydrogen-bond donors (Lipinski definition) is 0. The van der Waals surface area contributed by atoms with Gasteiger partial charge in [0.05, 0.1) is 4.90 Å². The van der Waals surface area contributed by atoms with Crippen LogP contribution in [0.3, 0.4) is 0 Å². The summed E-state index contributed by atoms with van der Waals surface area (Å²) in [5.74, 6) is -0.0365. The fourth-order valence-corrected chi connectivity index (χ4v) is 5.17. The van der Waals surface area contributed by atoms with E-state index < -0.39 is 10.0 Å². The third-order valence-electron chi connectivity index (χ3n) is 5.15. The molecule has 1 amide bonds. The highest BCUT2D eigenvalue weighted by atomic mass is 32.2. The summed E-state index contributed by atoms with van der Waals surface area (Å²) in [7, 11) is -3.49. The smallest absolute Gasteiger partial charge is 0.258 e. The quantitative estimate of drug-likeness (QED) is 0.790. The van der Waals surface area contributed by atoms with E-state index in [9.17, 15) is 13.2 Å². The van der Waals surface area contributed by atoms with Gasteiger partial charge >= 0.3 is 0 Å². The van der Waals surface area contributed by atoms with Gasteiger partial charge in [0.2, 0.25) is 10.0 Å². The third-order valence-corrected chi connectivity index (χ3v) is 7.19. The molecular weight excluding hydrogens is 360 g/mol. The van der Waals surface area contributed by atoms with Crippen molar-refractivity contribution in [1.82, 2.24) is 4.31 Å². The highest BCUT2D eigenvalue weighted by Crippen LogP contribution is 2.32. The molecule has 0 spiro atoms. The van der Waals surface area contributed by atoms with E-state index in [2.05, 4.69) is 0 Å². The van der Waals surface area contributed by atoms with Crippen molar-refractivity contribution < 1.29 is 13.2 Å². The zero-order valence-corrected chi connectivity index (χ0v) is 17.1. The molecule has 0 N–H and O–H groups in total. The van der Waals surface area contributed by atoms with Crippen LogP contribution in [0.5, 0.6) is 0 Å². The summed E-state index contributed by atoms with van der Waals surface area (Å²) in [6.07, 6.45) is 0.660. The van der Waals surface area contributed by atoms with Crippen LogP contribution in [-0.4, -0.2) is 38.3 Å². The molecule has 0 saturated heterocycles. The van der Waals surface area contributed by atoms with Crippen LogP contribution < -0.4 is 4.90 Å². The second-order valence-corrected chi connectivity index (χ2v) is 8.84. The maximum Gasteiger partial charge on any atom is 0.258 e. The van der Waals surface area contributed by atoms with Crippen molar-refractivity contribution in [2.75, 3.05) is 24.5 Å². The summed E-state index contributed by atoms with van der Waals surface area (Å²) in [5, 5.41) is 0. The standard InChI is InChI=1S/C21H26N2O3S/c1-5-22(6-2)27(25,26)18-8-10-20-17(14-18)11-12-23(20)21(24)19-9-7-15(3)13-16(19)4/h7-10,13-14H,5-6,11-12H2,1-4H3. The highest BCUT2D eigenvalue weighted by molar-refractivity contribution is 7.89. The molecule has 2 aromatic carbocycles. The molecule has 0 fully saturated rings. The van der Waals surface area contributed by atoms with Crippen molar-refractivity contribution in [2.45, 2.75) is 39.0 Å². The van der Waals surface area contributed by atoms with Crippen LogP contribution in [0.2, 0.25) is 0 Å². The molecule has 3 rings (SSSR count). The largest absolute Gasteiger partial charge is 0.308 e. The lowest BCUT2D eigenvalue weighted by atomic mass is 10.0. The number of anilines is 1. The minimum Gasteiger partial charge on any atom is -0.308 e. The van der Waals surface area contributed by atoms with Crippen LogP contribution in [0, 0.1) is 13.8 Å². The second kappa shape index (κ2) is 7.44. The summed E-state index contributed by atoms with van der Waals surface area (Å²) in [4.78, 5) is 15.1. The number of amides is 1. The number of aryl methyl sites for hydroxylation is 2. The summed E-state index contributed by atoms with van der Waals surface area (Å²) in [6, 6.07) is 10.9. The molecule has 0 radical (unpaired) electrons. The fourth-order valence-electron chi connectivity index (χ4n) is 3.66. The summed E-state index contributed by atoms with van der Waals surface area (Å²) >= 11 is 0. The number of fused-ring (bicyclic) bond motifs is 1. The van der Waals surface area contributed by atoms with Crippen molar-refractivity contribution in [3.8, 4) is 0 Å². The number of rotatable bonds is 5. The van der Waals surface area contributed by atoms with Crippen LogP contribution in [0.25, 0.3) is 0 Å². The van der Waals surface area contributed by atoms with Gasteiger partial charge in [-0.1, -0.05) is 31.5 Å². The molecule has 0 aliphatic carbocycles. The predicted molar refractivity (Wildman–Crippen MR) is 108 cm³/mol. The van der Waals surface area contributed by atoms with Crippen molar-refractivity contribution in [1.29, 1.82) is 0 Å². The van der Waals surface area contributed by atoms with Crippen molar-refractivity contribution in [2.24, 2.45) is 0 Å². The first-order valence-electron chi connectivity index (χ1n) is 9.31. The Morgan fingerprint density at radius 3 is 2.41 bits per heavy atom. The normalized spacial score (nSPS) is 13.9. The van der Waals surface area contributed by atoms with Crippen LogP contribution in [0.15, 0.2) is 41.3 Å². The molecule has 6 heteroatoms. The maximum atomic E-state index is 13.0. The Bertz CT molecular complexity index is 979. The zero-order valence-electron chi connectivity index (χ0n) is 16.3. The molecule has 0 bridgehead atoms. The molecule has 0 saturated carbocycles. The number of carbonyl (C=O) groups excluding carboxylic acids is 1. The number of hydrogen-bond acceptors (Lipinski definition) is 3. The Balaban J connectivity index is 1.94. The van der Waals surface area contributed by atoms with Crippen molar-refractivity contribution >= 4 is 21.6 Å². The van der Waals surface area contributed by atoms with Crippen molar-refractivity contribution in [3.05, 3.63) is 58.7 Å². The summed E-state index contributed by atoms with van der Waals surface area (Å²) in [6.45, 7) is 9.05. The molecular formula is C21H26N2O3S. The SMILES string of the molecule is CCN(CC)S(=O)(=O)c1ccc2c(c1)CCN2C(=O)c1ccc(C)cc1C. The minimum atomic E-state index is -3.49. The van der Waals surface area contributed by atoms with Gasteiger partial charge in [-0.25, -0.2) is 8.42 Å². The van der Waals surface area contributed by atoms with Gasteiger partial charge in [0.15, 0.2) is 0 Å². The van der Waals surface area contributed by atoms with E-state index in [0.717, 1.165) is 22.4 Å². The van der Waals surface area contributed by atoms with Gasteiger partial charge in [-0.3, -0.25) is 4.79 Å². The predicted octanol–water partition coefficient (Wildman–Crippen LogP) is 3.54. The Morgan fingerprint density at radius 1 is 1.07 bits per heavy atom. The van der Waals surface area contributed by atoms with Crippen LogP contribution in [0.1, 0.15) is 40.9 Å². The molecule has 0 unspecified atom stereocenters. The average Bonchev–Trinajstić information content (AvgIpc) is 3.05. The van der Waals surface area contributed by atoms with Gasteiger partial charge in [0.25, 0.3) is 5.91 Å². The van der Waals surface area contributed by atoms with Crippen LogP contribution >= 0.6 is 0 Å². The molecule has 0 atom stereocenters. The van der Waals surface area contributed by atoms with Crippen LogP contribution in [-0.2, 0) is 16.4 Å². The summed E-state index contributed by atoms with van der Waals surface area (Å²) in [5.41, 5.74) is 4.47. The first-order chi connectivity index (χ1) is 12.8. The van der Waals surface area contributed by atoms with Gasteiger partial charge in [0, 0.05) is 30.9 Å². The number of nitrogens with zero attached hydrogens (tertiary/aromatic N) is 2. The first-order valence-corrected chi connectivity index (χ1v) is 10.8. The summed E-state index contributed by atoms with van der Waals surface area (Å²) < 4.78 is 27.0. The molecule has 27 heavy (non-hydrogen) atoms. The number of carbonyl (C=O) groups is 1. The number of benzene rings is 2. The van der Waals surface area contributed by atoms with Crippen LogP contribution in [0.4, 0.5) is 5.69 Å². The fraction of sp³-hybridized carbons (Fsp3) is 0.381. The molecule has 1 aliphatic heterocycles.